The minimum absolute atomic E-state index is 0.327. The van der Waals surface area contributed by atoms with Gasteiger partial charge in [-0.3, -0.25) is 14.9 Å². The van der Waals surface area contributed by atoms with Crippen LogP contribution in [0.3, 0.4) is 0 Å². The van der Waals surface area contributed by atoms with Crippen LogP contribution >= 0.6 is 0 Å². The van der Waals surface area contributed by atoms with Crippen LogP contribution in [-0.4, -0.2) is 33.9 Å². The van der Waals surface area contributed by atoms with Gasteiger partial charge in [0, 0.05) is 23.5 Å². The molecule has 1 aromatic carbocycles. The van der Waals surface area contributed by atoms with E-state index in [1.807, 2.05) is 36.4 Å². The fraction of sp³-hybridized carbons (Fsp3) is 0.111. The first-order valence-corrected chi connectivity index (χ1v) is 7.62. The first kappa shape index (κ1) is 16.4. The van der Waals surface area contributed by atoms with E-state index in [0.29, 0.717) is 17.1 Å². The zero-order valence-corrected chi connectivity index (χ0v) is 13.9. The number of aromatic amines is 1. The second kappa shape index (κ2) is 7.39. The molecule has 0 aliphatic carbocycles. The summed E-state index contributed by atoms with van der Waals surface area (Å²) in [5.74, 6) is 0.396. The zero-order valence-electron chi connectivity index (χ0n) is 13.9. The van der Waals surface area contributed by atoms with Crippen molar-refractivity contribution in [2.75, 3.05) is 7.11 Å². The van der Waals surface area contributed by atoms with E-state index in [4.69, 9.17) is 4.74 Å². The maximum absolute atomic E-state index is 12.2. The molecule has 3 aromatic rings. The number of hydrazone groups is 1. The van der Waals surface area contributed by atoms with Gasteiger partial charge in [0.05, 0.1) is 18.5 Å². The lowest BCUT2D eigenvalue weighted by Crippen LogP contribution is -2.19. The van der Waals surface area contributed by atoms with Gasteiger partial charge in [-0.05, 0) is 43.3 Å². The van der Waals surface area contributed by atoms with E-state index < -0.39 is 0 Å². The fourth-order valence-corrected chi connectivity index (χ4v) is 2.18. The molecule has 0 aliphatic rings. The average molecular weight is 335 g/mol. The molecule has 7 nitrogen and oxygen atoms in total. The number of rotatable bonds is 5. The summed E-state index contributed by atoms with van der Waals surface area (Å²) in [6.45, 7) is 1.80. The Morgan fingerprint density at radius 2 is 2.04 bits per heavy atom. The van der Waals surface area contributed by atoms with E-state index in [-0.39, 0.29) is 5.91 Å². The molecular formula is C18H17N5O2. The average Bonchev–Trinajstić information content (AvgIpc) is 3.17. The number of ether oxygens (including phenoxy) is 1. The topological polar surface area (TPSA) is 92.3 Å². The van der Waals surface area contributed by atoms with Gasteiger partial charge in [0.1, 0.15) is 11.4 Å². The van der Waals surface area contributed by atoms with Gasteiger partial charge in [0.25, 0.3) is 5.91 Å². The summed E-state index contributed by atoms with van der Waals surface area (Å²) >= 11 is 0. The number of aromatic nitrogens is 3. The molecule has 7 heteroatoms. The lowest BCUT2D eigenvalue weighted by Gasteiger charge is -2.01. The number of nitrogens with one attached hydrogen (secondary N) is 2. The standard InChI is InChI=1S/C18H17N5O2/c1-12(14-4-3-9-19-11-14)20-23-18(24)17-10-16(21-22-17)13-5-7-15(25-2)8-6-13/h3-11H,1-2H3,(H,21,22)(H,23,24). The lowest BCUT2D eigenvalue weighted by atomic mass is 10.1. The molecule has 0 unspecified atom stereocenters. The molecule has 0 atom stereocenters. The molecule has 2 N–H and O–H groups in total. The van der Waals surface area contributed by atoms with E-state index in [1.165, 1.54) is 0 Å². The number of benzene rings is 1. The second-order valence-electron chi connectivity index (χ2n) is 5.28. The summed E-state index contributed by atoms with van der Waals surface area (Å²) in [7, 11) is 1.61. The Bertz CT molecular complexity index is 885. The molecule has 3 rings (SSSR count). The van der Waals surface area contributed by atoms with Crippen molar-refractivity contribution in [3.8, 4) is 17.0 Å². The number of pyridine rings is 1. The maximum atomic E-state index is 12.2. The highest BCUT2D eigenvalue weighted by Crippen LogP contribution is 2.21. The van der Waals surface area contributed by atoms with Gasteiger partial charge in [-0.25, -0.2) is 5.43 Å². The highest BCUT2D eigenvalue weighted by Gasteiger charge is 2.11. The molecule has 126 valence electrons. The van der Waals surface area contributed by atoms with Crippen molar-refractivity contribution in [2.24, 2.45) is 5.10 Å². The molecule has 2 aromatic heterocycles. The summed E-state index contributed by atoms with van der Waals surface area (Å²) in [4.78, 5) is 16.2. The van der Waals surface area contributed by atoms with Crippen LogP contribution in [0.4, 0.5) is 0 Å². The Labute approximate surface area is 144 Å². The first-order chi connectivity index (χ1) is 12.2. The van der Waals surface area contributed by atoms with Crippen LogP contribution in [0, 0.1) is 0 Å². The van der Waals surface area contributed by atoms with E-state index in [2.05, 4.69) is 25.7 Å². The third-order valence-corrected chi connectivity index (χ3v) is 3.61. The van der Waals surface area contributed by atoms with Gasteiger partial charge in [0.2, 0.25) is 0 Å². The van der Waals surface area contributed by atoms with Crippen LogP contribution < -0.4 is 10.2 Å². The Kier molecular flexibility index (Phi) is 4.84. The number of hydrogen-bond donors (Lipinski definition) is 2. The Hall–Kier alpha value is -3.48. The number of carbonyl (C=O) groups is 1. The van der Waals surface area contributed by atoms with Gasteiger partial charge in [-0.15, -0.1) is 0 Å². The molecule has 0 radical (unpaired) electrons. The Morgan fingerprint density at radius 1 is 1.24 bits per heavy atom. The second-order valence-corrected chi connectivity index (χ2v) is 5.28. The zero-order chi connectivity index (χ0) is 17.6. The van der Waals surface area contributed by atoms with Crippen molar-refractivity contribution in [3.63, 3.8) is 0 Å². The predicted molar refractivity (Wildman–Crippen MR) is 94.5 cm³/mol. The molecule has 25 heavy (non-hydrogen) atoms. The maximum Gasteiger partial charge on any atom is 0.289 e. The van der Waals surface area contributed by atoms with E-state index in [9.17, 15) is 4.79 Å². The van der Waals surface area contributed by atoms with Crippen LogP contribution in [0.25, 0.3) is 11.3 Å². The summed E-state index contributed by atoms with van der Waals surface area (Å²) < 4.78 is 5.13. The normalized spacial score (nSPS) is 11.2. The van der Waals surface area contributed by atoms with Crippen LogP contribution in [0.2, 0.25) is 0 Å². The molecule has 2 heterocycles. The van der Waals surface area contributed by atoms with E-state index in [0.717, 1.165) is 16.9 Å². The summed E-state index contributed by atoms with van der Waals surface area (Å²) in [6, 6.07) is 12.8. The van der Waals surface area contributed by atoms with Crippen LogP contribution in [0.5, 0.6) is 5.75 Å². The summed E-state index contributed by atoms with van der Waals surface area (Å²) in [5, 5.41) is 11.0. The molecule has 0 saturated carbocycles. The molecule has 0 bridgehead atoms. The highest BCUT2D eigenvalue weighted by atomic mass is 16.5. The van der Waals surface area contributed by atoms with E-state index in [1.54, 1.807) is 32.5 Å². The van der Waals surface area contributed by atoms with Gasteiger partial charge < -0.3 is 4.74 Å². The lowest BCUT2D eigenvalue weighted by molar-refractivity contribution is 0.0950. The van der Waals surface area contributed by atoms with Crippen LogP contribution in [0.1, 0.15) is 23.0 Å². The minimum atomic E-state index is -0.365. The number of methoxy groups -OCH3 is 1. The predicted octanol–water partition coefficient (Wildman–Crippen LogP) is 2.63. The summed E-state index contributed by atoms with van der Waals surface area (Å²) in [5.41, 5.74) is 5.89. The van der Waals surface area contributed by atoms with Crippen molar-refractivity contribution in [1.82, 2.24) is 20.6 Å². The van der Waals surface area contributed by atoms with Crippen LogP contribution in [-0.2, 0) is 0 Å². The van der Waals surface area contributed by atoms with E-state index >= 15 is 0 Å². The van der Waals surface area contributed by atoms with Crippen LogP contribution in [0.15, 0.2) is 60.0 Å². The summed E-state index contributed by atoms with van der Waals surface area (Å²) in [6.07, 6.45) is 3.36. The molecule has 0 spiro atoms. The number of amides is 1. The number of hydrogen-bond acceptors (Lipinski definition) is 5. The van der Waals surface area contributed by atoms with Gasteiger partial charge in [-0.1, -0.05) is 6.07 Å². The molecular weight excluding hydrogens is 318 g/mol. The monoisotopic (exact) mass is 335 g/mol. The molecule has 0 fully saturated rings. The Balaban J connectivity index is 1.70. The van der Waals surface area contributed by atoms with Gasteiger partial charge in [-0.2, -0.15) is 10.2 Å². The van der Waals surface area contributed by atoms with Gasteiger partial charge >= 0.3 is 0 Å². The number of H-pyrrole nitrogens is 1. The highest BCUT2D eigenvalue weighted by molar-refractivity contribution is 6.00. The molecule has 0 aliphatic heterocycles. The largest absolute Gasteiger partial charge is 0.497 e. The SMILES string of the molecule is COc1ccc(-c2cc(C(=O)NN=C(C)c3cccnc3)[nH]n2)cc1. The first-order valence-electron chi connectivity index (χ1n) is 7.62. The smallest absolute Gasteiger partial charge is 0.289 e. The third-order valence-electron chi connectivity index (χ3n) is 3.61. The fourth-order valence-electron chi connectivity index (χ4n) is 2.18. The van der Waals surface area contributed by atoms with Gasteiger partial charge in [0.15, 0.2) is 0 Å². The number of carbonyl (C=O) groups excluding carboxylic acids is 1. The van der Waals surface area contributed by atoms with Crippen molar-refractivity contribution in [1.29, 1.82) is 0 Å². The van der Waals surface area contributed by atoms with Crippen molar-refractivity contribution >= 4 is 11.6 Å². The minimum Gasteiger partial charge on any atom is -0.497 e. The van der Waals surface area contributed by atoms with Crippen molar-refractivity contribution < 1.29 is 9.53 Å². The Morgan fingerprint density at radius 3 is 2.72 bits per heavy atom. The molecule has 1 amide bonds. The number of nitrogens with zero attached hydrogens (tertiary/aromatic N) is 3. The third kappa shape index (κ3) is 3.89. The van der Waals surface area contributed by atoms with Crippen molar-refractivity contribution in [3.05, 3.63) is 66.1 Å². The van der Waals surface area contributed by atoms with Crippen molar-refractivity contribution in [2.45, 2.75) is 6.92 Å². The quantitative estimate of drug-likeness (QED) is 0.554. The molecule has 0 saturated heterocycles.